The third-order valence-electron chi connectivity index (χ3n) is 5.65. The van der Waals surface area contributed by atoms with Crippen LogP contribution in [-0.4, -0.2) is 47.9 Å². The van der Waals surface area contributed by atoms with Crippen molar-refractivity contribution in [1.82, 2.24) is 19.8 Å². The number of amides is 1. The Bertz CT molecular complexity index is 963. The van der Waals surface area contributed by atoms with Gasteiger partial charge in [-0.05, 0) is 31.7 Å². The van der Waals surface area contributed by atoms with E-state index < -0.39 is 10.0 Å². The average Bonchev–Trinajstić information content (AvgIpc) is 3.48. The highest BCUT2D eigenvalue weighted by molar-refractivity contribution is 7.91. The molecule has 4 rings (SSSR count). The smallest absolute Gasteiger partial charge is 0.252 e. The summed E-state index contributed by atoms with van der Waals surface area (Å²) in [7, 11) is -3.66. The van der Waals surface area contributed by atoms with Gasteiger partial charge in [-0.1, -0.05) is 24.9 Å². The van der Waals surface area contributed by atoms with Crippen LogP contribution in [0.3, 0.4) is 0 Å². The van der Waals surface area contributed by atoms with E-state index in [1.165, 1.54) is 4.31 Å². The van der Waals surface area contributed by atoms with E-state index in [9.17, 15) is 13.2 Å². The summed E-state index contributed by atoms with van der Waals surface area (Å²) in [5, 5.41) is 8.75. The molecule has 2 aromatic heterocycles. The highest BCUT2D eigenvalue weighted by Gasteiger charge is 2.35. The van der Waals surface area contributed by atoms with Crippen molar-refractivity contribution in [3.63, 3.8) is 0 Å². The topological polar surface area (TPSA) is 105 Å². The molecule has 1 atom stereocenters. The van der Waals surface area contributed by atoms with E-state index in [1.54, 1.807) is 11.4 Å². The molecule has 8 nitrogen and oxygen atoms in total. The first kappa shape index (κ1) is 20.5. The van der Waals surface area contributed by atoms with Crippen molar-refractivity contribution >= 4 is 27.3 Å². The normalized spacial score (nSPS) is 21.5. The lowest BCUT2D eigenvalue weighted by Crippen LogP contribution is -2.47. The molecule has 0 aromatic carbocycles. The quantitative estimate of drug-likeness (QED) is 0.743. The van der Waals surface area contributed by atoms with Gasteiger partial charge in [0.1, 0.15) is 4.21 Å². The van der Waals surface area contributed by atoms with E-state index in [0.29, 0.717) is 36.7 Å². The largest absolute Gasteiger partial charge is 0.353 e. The average molecular weight is 439 g/mol. The zero-order chi connectivity index (χ0) is 20.4. The maximum absolute atomic E-state index is 13.1. The van der Waals surface area contributed by atoms with Crippen LogP contribution < -0.4 is 5.32 Å². The second-order valence-corrected chi connectivity index (χ2v) is 10.8. The molecule has 10 heteroatoms. The van der Waals surface area contributed by atoms with Gasteiger partial charge >= 0.3 is 0 Å². The van der Waals surface area contributed by atoms with E-state index in [4.69, 9.17) is 4.52 Å². The fourth-order valence-electron chi connectivity index (χ4n) is 3.98. The third kappa shape index (κ3) is 4.39. The maximum Gasteiger partial charge on any atom is 0.252 e. The molecule has 1 aliphatic heterocycles. The van der Waals surface area contributed by atoms with Gasteiger partial charge < -0.3 is 9.84 Å². The predicted octanol–water partition coefficient (Wildman–Crippen LogP) is 2.82. The van der Waals surface area contributed by atoms with Gasteiger partial charge in [-0.2, -0.15) is 9.29 Å². The van der Waals surface area contributed by atoms with Crippen LogP contribution in [0.5, 0.6) is 0 Å². The first-order valence-electron chi connectivity index (χ1n) is 10.2. The van der Waals surface area contributed by atoms with Crippen LogP contribution in [0, 0.1) is 5.92 Å². The van der Waals surface area contributed by atoms with Gasteiger partial charge in [0.2, 0.25) is 17.6 Å². The second kappa shape index (κ2) is 8.53. The summed E-state index contributed by atoms with van der Waals surface area (Å²) in [6.07, 6.45) is 6.38. The molecule has 1 amide bonds. The van der Waals surface area contributed by atoms with Crippen molar-refractivity contribution in [2.45, 2.75) is 62.1 Å². The Morgan fingerprint density at radius 3 is 2.83 bits per heavy atom. The molecule has 1 saturated carbocycles. The molecule has 158 valence electrons. The van der Waals surface area contributed by atoms with Crippen LogP contribution in [0.4, 0.5) is 0 Å². The molecule has 1 saturated heterocycles. The third-order valence-corrected chi connectivity index (χ3v) is 8.94. The summed E-state index contributed by atoms with van der Waals surface area (Å²) in [5.41, 5.74) is 0.629. The lowest BCUT2D eigenvalue weighted by Gasteiger charge is -2.31. The number of rotatable bonds is 6. The van der Waals surface area contributed by atoms with Crippen molar-refractivity contribution in [1.29, 1.82) is 0 Å². The number of nitrogens with one attached hydrogen (secondary N) is 1. The number of carbonyl (C=O) groups is 1. The first-order valence-corrected chi connectivity index (χ1v) is 12.5. The van der Waals surface area contributed by atoms with Crippen LogP contribution in [0.25, 0.3) is 11.4 Å². The van der Waals surface area contributed by atoms with E-state index >= 15 is 0 Å². The Hall–Kier alpha value is -1.78. The van der Waals surface area contributed by atoms with E-state index in [2.05, 4.69) is 15.5 Å². The van der Waals surface area contributed by atoms with E-state index in [0.717, 1.165) is 43.4 Å². The highest BCUT2D eigenvalue weighted by atomic mass is 32.2. The summed E-state index contributed by atoms with van der Waals surface area (Å²) in [6.45, 7) is 2.58. The molecule has 0 spiro atoms. The molecule has 0 radical (unpaired) electrons. The van der Waals surface area contributed by atoms with Gasteiger partial charge in [-0.25, -0.2) is 8.42 Å². The second-order valence-electron chi connectivity index (χ2n) is 7.71. The Kier molecular flexibility index (Phi) is 6.03. The maximum atomic E-state index is 13.1. The van der Waals surface area contributed by atoms with Crippen molar-refractivity contribution in [3.05, 3.63) is 17.3 Å². The Balaban J connectivity index is 1.46. The number of hydrogen-bond acceptors (Lipinski definition) is 7. The molecular formula is C19H26N4O4S2. The van der Waals surface area contributed by atoms with E-state index in [1.807, 2.05) is 6.92 Å². The predicted molar refractivity (Wildman–Crippen MR) is 109 cm³/mol. The van der Waals surface area contributed by atoms with Crippen LogP contribution in [0.15, 0.2) is 20.2 Å². The molecule has 0 unspecified atom stereocenters. The number of hydrogen-bond donors (Lipinski definition) is 1. The van der Waals surface area contributed by atoms with Crippen molar-refractivity contribution in [2.24, 2.45) is 5.92 Å². The number of nitrogens with zero attached hydrogens (tertiary/aromatic N) is 3. The van der Waals surface area contributed by atoms with Crippen LogP contribution in [-0.2, 0) is 21.2 Å². The van der Waals surface area contributed by atoms with Gasteiger partial charge in [0.15, 0.2) is 0 Å². The van der Waals surface area contributed by atoms with Crippen LogP contribution >= 0.6 is 11.3 Å². The van der Waals surface area contributed by atoms with Gasteiger partial charge in [0.25, 0.3) is 10.0 Å². The van der Waals surface area contributed by atoms with Gasteiger partial charge in [0.05, 0.1) is 5.92 Å². The summed E-state index contributed by atoms with van der Waals surface area (Å²) in [4.78, 5) is 16.9. The molecule has 2 aliphatic rings. The van der Waals surface area contributed by atoms with Gasteiger partial charge in [0, 0.05) is 36.5 Å². The molecule has 2 fully saturated rings. The molecule has 0 bridgehead atoms. The molecule has 29 heavy (non-hydrogen) atoms. The lowest BCUT2D eigenvalue weighted by atomic mass is 9.98. The molecule has 1 aliphatic carbocycles. The van der Waals surface area contributed by atoms with Gasteiger partial charge in [-0.3, -0.25) is 4.79 Å². The molecule has 1 N–H and O–H groups in total. The minimum absolute atomic E-state index is 0.0115. The number of carbonyl (C=O) groups excluding carboxylic acids is 1. The minimum Gasteiger partial charge on any atom is -0.353 e. The van der Waals surface area contributed by atoms with Crippen molar-refractivity contribution < 1.29 is 17.7 Å². The van der Waals surface area contributed by atoms with E-state index in [-0.39, 0.29) is 28.6 Å². The highest BCUT2D eigenvalue weighted by Crippen LogP contribution is 2.31. The first-order chi connectivity index (χ1) is 14.0. The minimum atomic E-state index is -3.66. The van der Waals surface area contributed by atoms with Crippen molar-refractivity contribution in [3.8, 4) is 11.4 Å². The summed E-state index contributed by atoms with van der Waals surface area (Å²) < 4.78 is 33.1. The molecular weight excluding hydrogens is 412 g/mol. The Morgan fingerprint density at radius 1 is 1.31 bits per heavy atom. The Labute approximate surface area is 174 Å². The number of aryl methyl sites for hydroxylation is 1. The number of sulfonamides is 1. The number of piperidine rings is 1. The van der Waals surface area contributed by atoms with Gasteiger partial charge in [-0.15, -0.1) is 11.3 Å². The number of aromatic nitrogens is 2. The summed E-state index contributed by atoms with van der Waals surface area (Å²) in [6, 6.07) is 1.84. The van der Waals surface area contributed by atoms with Crippen LogP contribution in [0.2, 0.25) is 0 Å². The zero-order valence-corrected chi connectivity index (χ0v) is 18.1. The molecule has 3 heterocycles. The van der Waals surface area contributed by atoms with Crippen LogP contribution in [0.1, 0.15) is 51.3 Å². The molecule has 2 aromatic rings. The lowest BCUT2D eigenvalue weighted by molar-refractivity contribution is -0.126. The summed E-state index contributed by atoms with van der Waals surface area (Å²) >= 11 is 1.15. The monoisotopic (exact) mass is 438 g/mol. The SMILES string of the molecule is CCc1nc(-c2csc(S(=O)(=O)N3CCC[C@@H](C(=O)NC4CCCC4)C3)c2)no1. The fraction of sp³-hybridized carbons (Fsp3) is 0.632. The zero-order valence-electron chi connectivity index (χ0n) is 16.5. The fourth-order valence-corrected chi connectivity index (χ4v) is 6.81. The number of thiophene rings is 1. The summed E-state index contributed by atoms with van der Waals surface area (Å²) in [5.74, 6) is 0.611. The van der Waals surface area contributed by atoms with Crippen molar-refractivity contribution in [2.75, 3.05) is 13.1 Å². The standard InChI is InChI=1S/C19H26N4O4S2/c1-2-16-21-18(22-27-16)14-10-17(28-12-14)29(25,26)23-9-5-6-13(11-23)19(24)20-15-7-3-4-8-15/h10,12-13,15H,2-9,11H2,1H3,(H,20,24)/t13-/m1/s1. The Morgan fingerprint density at radius 2 is 2.10 bits per heavy atom.